The zero-order valence-corrected chi connectivity index (χ0v) is 14.1. The molecule has 1 amide bonds. The fraction of sp³-hybridized carbons (Fsp3) is 0.438. The molecule has 7 heteroatoms. The number of hydrogen-bond donors (Lipinski definition) is 1. The van der Waals surface area contributed by atoms with E-state index in [0.717, 1.165) is 36.4 Å². The van der Waals surface area contributed by atoms with Crippen LogP contribution in [-0.4, -0.2) is 47.0 Å². The van der Waals surface area contributed by atoms with Gasteiger partial charge in [0, 0.05) is 31.5 Å². The number of rotatable bonds is 4. The molecule has 3 heterocycles. The number of aryl methyl sites for hydroxylation is 1. The monoisotopic (exact) mass is 332 g/mol. The maximum absolute atomic E-state index is 12.5. The predicted molar refractivity (Wildman–Crippen MR) is 90.2 cm³/mol. The third kappa shape index (κ3) is 3.44. The number of nitrogens with one attached hydrogen (secondary N) is 1. The first-order valence-corrected chi connectivity index (χ1v) is 8.52. The first-order valence-electron chi connectivity index (χ1n) is 7.64. The third-order valence-corrected chi connectivity index (χ3v) is 5.04. The Morgan fingerprint density at radius 1 is 1.35 bits per heavy atom. The van der Waals surface area contributed by atoms with Crippen LogP contribution in [0, 0.1) is 6.92 Å². The molecule has 0 saturated carbocycles. The number of ether oxygens (including phenoxy) is 1. The molecular formula is C16H20N4O2S. The highest BCUT2D eigenvalue weighted by Crippen LogP contribution is 2.24. The van der Waals surface area contributed by atoms with Crippen LogP contribution in [0.3, 0.4) is 0 Å². The summed E-state index contributed by atoms with van der Waals surface area (Å²) in [6.45, 7) is 3.48. The minimum atomic E-state index is 0.146. The molecule has 0 radical (unpaired) electrons. The maximum Gasteiger partial charge on any atom is 0.264 e. The van der Waals surface area contributed by atoms with Gasteiger partial charge in [0.1, 0.15) is 0 Å². The van der Waals surface area contributed by atoms with E-state index >= 15 is 0 Å². The molecule has 0 unspecified atom stereocenters. The zero-order valence-electron chi connectivity index (χ0n) is 13.3. The molecule has 1 aliphatic heterocycles. The van der Waals surface area contributed by atoms with Crippen molar-refractivity contribution in [3.8, 4) is 5.88 Å². The van der Waals surface area contributed by atoms with Crippen LogP contribution in [0.1, 0.15) is 28.1 Å². The average Bonchev–Trinajstić information content (AvgIpc) is 3.01. The summed E-state index contributed by atoms with van der Waals surface area (Å²) in [5.41, 5.74) is 1.06. The second kappa shape index (κ2) is 6.95. The topological polar surface area (TPSA) is 67.4 Å². The number of thiophene rings is 1. The van der Waals surface area contributed by atoms with E-state index in [2.05, 4.69) is 15.3 Å². The van der Waals surface area contributed by atoms with Crippen LogP contribution in [0.25, 0.3) is 0 Å². The van der Waals surface area contributed by atoms with Gasteiger partial charge in [-0.05, 0) is 36.8 Å². The molecule has 0 aliphatic carbocycles. The summed E-state index contributed by atoms with van der Waals surface area (Å²) in [7, 11) is 1.58. The minimum absolute atomic E-state index is 0.146. The van der Waals surface area contributed by atoms with E-state index in [1.165, 1.54) is 11.3 Å². The summed E-state index contributed by atoms with van der Waals surface area (Å²) in [6, 6.07) is 2.26. The lowest BCUT2D eigenvalue weighted by atomic mass is 10.0. The number of aromatic nitrogens is 2. The predicted octanol–water partition coefficient (Wildman–Crippen LogP) is 2.57. The van der Waals surface area contributed by atoms with Crippen LogP contribution in [0.4, 0.5) is 5.82 Å². The van der Waals surface area contributed by atoms with Crippen molar-refractivity contribution in [3.05, 3.63) is 34.3 Å². The van der Waals surface area contributed by atoms with Crippen molar-refractivity contribution in [2.45, 2.75) is 25.8 Å². The SMILES string of the molecule is COc1nccnc1NC1CCN(C(=O)c2sccc2C)CC1. The standard InChI is InChI=1S/C16H20N4O2S/c1-11-5-10-23-13(11)16(21)20-8-3-12(4-9-20)19-14-15(22-2)18-7-6-17-14/h5-7,10,12H,3-4,8-9H2,1-2H3,(H,17,19). The molecule has 1 N–H and O–H groups in total. The number of carbonyl (C=O) groups excluding carboxylic acids is 1. The molecule has 23 heavy (non-hydrogen) atoms. The lowest BCUT2D eigenvalue weighted by Gasteiger charge is -2.32. The number of carbonyl (C=O) groups is 1. The Hall–Kier alpha value is -2.15. The van der Waals surface area contributed by atoms with Gasteiger partial charge >= 0.3 is 0 Å². The van der Waals surface area contributed by atoms with Crippen LogP contribution in [-0.2, 0) is 0 Å². The van der Waals surface area contributed by atoms with Gasteiger partial charge in [-0.1, -0.05) is 0 Å². The van der Waals surface area contributed by atoms with Gasteiger partial charge in [0.2, 0.25) is 0 Å². The fourth-order valence-electron chi connectivity index (χ4n) is 2.73. The highest BCUT2D eigenvalue weighted by molar-refractivity contribution is 7.12. The second-order valence-electron chi connectivity index (χ2n) is 5.56. The molecular weight excluding hydrogens is 312 g/mol. The number of likely N-dealkylation sites (tertiary alicyclic amines) is 1. The van der Waals surface area contributed by atoms with Gasteiger partial charge in [-0.3, -0.25) is 4.79 Å². The summed E-state index contributed by atoms with van der Waals surface area (Å²) in [5.74, 6) is 1.31. The molecule has 2 aromatic heterocycles. The van der Waals surface area contributed by atoms with E-state index in [4.69, 9.17) is 4.74 Å². The Morgan fingerprint density at radius 3 is 2.74 bits per heavy atom. The van der Waals surface area contributed by atoms with Crippen molar-refractivity contribution in [2.24, 2.45) is 0 Å². The molecule has 1 saturated heterocycles. The molecule has 0 aromatic carbocycles. The van der Waals surface area contributed by atoms with Crippen LogP contribution in [0.2, 0.25) is 0 Å². The molecule has 1 fully saturated rings. The summed E-state index contributed by atoms with van der Waals surface area (Å²) >= 11 is 1.52. The van der Waals surface area contributed by atoms with Crippen molar-refractivity contribution in [2.75, 3.05) is 25.5 Å². The van der Waals surface area contributed by atoms with E-state index in [9.17, 15) is 4.79 Å². The first kappa shape index (κ1) is 15.7. The Labute approximate surface area is 139 Å². The molecule has 3 rings (SSSR count). The molecule has 122 valence electrons. The van der Waals surface area contributed by atoms with E-state index < -0.39 is 0 Å². The summed E-state index contributed by atoms with van der Waals surface area (Å²) < 4.78 is 5.21. The van der Waals surface area contributed by atoms with Gasteiger partial charge in [-0.2, -0.15) is 0 Å². The first-order chi connectivity index (χ1) is 11.2. The average molecular weight is 332 g/mol. The van der Waals surface area contributed by atoms with Crippen molar-refractivity contribution in [1.82, 2.24) is 14.9 Å². The largest absolute Gasteiger partial charge is 0.478 e. The molecule has 0 spiro atoms. The zero-order chi connectivity index (χ0) is 16.2. The number of piperidine rings is 1. The lowest BCUT2D eigenvalue weighted by molar-refractivity contribution is 0.0722. The lowest BCUT2D eigenvalue weighted by Crippen LogP contribution is -2.42. The van der Waals surface area contributed by atoms with E-state index in [1.54, 1.807) is 19.5 Å². The van der Waals surface area contributed by atoms with Crippen molar-refractivity contribution >= 4 is 23.1 Å². The summed E-state index contributed by atoms with van der Waals surface area (Å²) in [4.78, 5) is 23.7. The highest BCUT2D eigenvalue weighted by atomic mass is 32.1. The van der Waals surface area contributed by atoms with Gasteiger partial charge in [0.25, 0.3) is 11.8 Å². The highest BCUT2D eigenvalue weighted by Gasteiger charge is 2.25. The van der Waals surface area contributed by atoms with Gasteiger partial charge in [-0.15, -0.1) is 11.3 Å². The Morgan fingerprint density at radius 2 is 2.09 bits per heavy atom. The second-order valence-corrected chi connectivity index (χ2v) is 6.47. The molecule has 1 aliphatic rings. The minimum Gasteiger partial charge on any atom is -0.478 e. The summed E-state index contributed by atoms with van der Waals surface area (Å²) in [5, 5.41) is 5.34. The van der Waals surface area contributed by atoms with Gasteiger partial charge in [0.15, 0.2) is 5.82 Å². The normalized spacial score (nSPS) is 15.5. The number of hydrogen-bond acceptors (Lipinski definition) is 6. The van der Waals surface area contributed by atoms with Crippen LogP contribution < -0.4 is 10.1 Å². The fourth-order valence-corrected chi connectivity index (χ4v) is 3.62. The van der Waals surface area contributed by atoms with Crippen LogP contribution >= 0.6 is 11.3 Å². The third-order valence-electron chi connectivity index (χ3n) is 4.04. The van der Waals surface area contributed by atoms with Crippen LogP contribution in [0.5, 0.6) is 5.88 Å². The Balaban J connectivity index is 1.58. The number of amides is 1. The van der Waals surface area contributed by atoms with Gasteiger partial charge < -0.3 is 15.0 Å². The van der Waals surface area contributed by atoms with Crippen LogP contribution in [0.15, 0.2) is 23.8 Å². The Kier molecular flexibility index (Phi) is 4.76. The molecule has 0 atom stereocenters. The smallest absolute Gasteiger partial charge is 0.264 e. The van der Waals surface area contributed by atoms with E-state index in [-0.39, 0.29) is 11.9 Å². The van der Waals surface area contributed by atoms with E-state index in [0.29, 0.717) is 11.7 Å². The molecule has 6 nitrogen and oxygen atoms in total. The van der Waals surface area contributed by atoms with Crippen molar-refractivity contribution in [3.63, 3.8) is 0 Å². The maximum atomic E-state index is 12.5. The molecule has 2 aromatic rings. The van der Waals surface area contributed by atoms with E-state index in [1.807, 2.05) is 23.3 Å². The summed E-state index contributed by atoms with van der Waals surface area (Å²) in [6.07, 6.45) is 5.02. The van der Waals surface area contributed by atoms with Crippen molar-refractivity contribution < 1.29 is 9.53 Å². The number of nitrogens with zero attached hydrogens (tertiary/aromatic N) is 3. The number of anilines is 1. The van der Waals surface area contributed by atoms with Gasteiger partial charge in [-0.25, -0.2) is 9.97 Å². The quantitative estimate of drug-likeness (QED) is 0.932. The van der Waals surface area contributed by atoms with Gasteiger partial charge in [0.05, 0.1) is 12.0 Å². The Bertz CT molecular complexity index is 680. The van der Waals surface area contributed by atoms with Crippen molar-refractivity contribution in [1.29, 1.82) is 0 Å². The number of methoxy groups -OCH3 is 1. The molecule has 0 bridgehead atoms.